The highest BCUT2D eigenvalue weighted by atomic mass is 35.5. The Labute approximate surface area is 193 Å². The van der Waals surface area contributed by atoms with Crippen LogP contribution in [0.4, 0.5) is 0 Å². The molecule has 33 heavy (non-hydrogen) atoms. The van der Waals surface area contributed by atoms with E-state index in [1.54, 1.807) is 41.1 Å². The highest BCUT2D eigenvalue weighted by Crippen LogP contribution is 2.30. The number of hydrogen-bond donors (Lipinski definition) is 0. The number of halogens is 1. The van der Waals surface area contributed by atoms with Gasteiger partial charge in [0.2, 0.25) is 0 Å². The summed E-state index contributed by atoms with van der Waals surface area (Å²) in [6, 6.07) is 14.1. The van der Waals surface area contributed by atoms with Crippen molar-refractivity contribution in [2.75, 3.05) is 6.61 Å². The Hall–Kier alpha value is -3.91. The van der Waals surface area contributed by atoms with E-state index >= 15 is 0 Å². The van der Waals surface area contributed by atoms with Crippen molar-refractivity contribution in [3.05, 3.63) is 98.0 Å². The number of aryl methyl sites for hydroxylation is 1. The highest BCUT2D eigenvalue weighted by molar-refractivity contribution is 6.32. The molecule has 0 aliphatic carbocycles. The van der Waals surface area contributed by atoms with Crippen LogP contribution in [0, 0.1) is 6.92 Å². The van der Waals surface area contributed by atoms with Crippen LogP contribution in [0.1, 0.15) is 18.3 Å². The SMILES string of the molecule is CCOc1ccc(-c2cc3c(=O)n(Cc4cc(=O)n5c(C)cccc5n4)ccn3n2)cc1Cl. The van der Waals surface area contributed by atoms with Gasteiger partial charge in [0.05, 0.1) is 29.6 Å². The molecule has 0 spiro atoms. The molecule has 0 saturated carbocycles. The van der Waals surface area contributed by atoms with Crippen molar-refractivity contribution >= 4 is 22.8 Å². The summed E-state index contributed by atoms with van der Waals surface area (Å²) in [5.41, 5.74) is 3.24. The number of pyridine rings is 1. The van der Waals surface area contributed by atoms with Gasteiger partial charge in [-0.15, -0.1) is 0 Å². The number of hydrogen-bond acceptors (Lipinski definition) is 5. The van der Waals surface area contributed by atoms with Crippen LogP contribution in [-0.4, -0.2) is 30.2 Å². The molecule has 0 bridgehead atoms. The number of nitrogens with zero attached hydrogens (tertiary/aromatic N) is 5. The topological polar surface area (TPSA) is 82.9 Å². The molecule has 166 valence electrons. The Bertz CT molecular complexity index is 1630. The minimum atomic E-state index is -0.237. The van der Waals surface area contributed by atoms with Gasteiger partial charge in [0.25, 0.3) is 11.1 Å². The first kappa shape index (κ1) is 21.0. The predicted octanol–water partition coefficient (Wildman–Crippen LogP) is 3.58. The molecule has 0 aliphatic rings. The molecular weight excluding hydrogens is 442 g/mol. The Morgan fingerprint density at radius 2 is 1.91 bits per heavy atom. The fourth-order valence-corrected chi connectivity index (χ4v) is 4.08. The van der Waals surface area contributed by atoms with Crippen LogP contribution < -0.4 is 15.9 Å². The van der Waals surface area contributed by atoms with E-state index in [9.17, 15) is 9.59 Å². The van der Waals surface area contributed by atoms with Crippen molar-refractivity contribution in [3.8, 4) is 17.0 Å². The lowest BCUT2D eigenvalue weighted by Gasteiger charge is -2.08. The Morgan fingerprint density at radius 1 is 1.06 bits per heavy atom. The first-order valence-electron chi connectivity index (χ1n) is 10.4. The largest absolute Gasteiger partial charge is 0.492 e. The minimum Gasteiger partial charge on any atom is -0.492 e. The number of ether oxygens (including phenoxy) is 1. The zero-order valence-electron chi connectivity index (χ0n) is 18.0. The summed E-state index contributed by atoms with van der Waals surface area (Å²) in [6.07, 6.45) is 3.34. The van der Waals surface area contributed by atoms with E-state index in [1.807, 2.05) is 32.0 Å². The quantitative estimate of drug-likeness (QED) is 0.399. The lowest BCUT2D eigenvalue weighted by Crippen LogP contribution is -2.24. The van der Waals surface area contributed by atoms with Crippen LogP contribution in [0.5, 0.6) is 5.75 Å². The number of rotatable bonds is 5. The fraction of sp³-hybridized carbons (Fsp3) is 0.167. The van der Waals surface area contributed by atoms with Crippen molar-refractivity contribution in [1.82, 2.24) is 23.6 Å². The van der Waals surface area contributed by atoms with E-state index in [0.717, 1.165) is 11.3 Å². The molecule has 0 atom stereocenters. The van der Waals surface area contributed by atoms with Crippen molar-refractivity contribution in [3.63, 3.8) is 0 Å². The van der Waals surface area contributed by atoms with Crippen LogP contribution in [0.15, 0.2) is 70.5 Å². The summed E-state index contributed by atoms with van der Waals surface area (Å²) >= 11 is 6.31. The van der Waals surface area contributed by atoms with Crippen LogP contribution in [0.25, 0.3) is 22.4 Å². The monoisotopic (exact) mass is 461 g/mol. The van der Waals surface area contributed by atoms with Crippen molar-refractivity contribution in [2.45, 2.75) is 20.4 Å². The summed E-state index contributed by atoms with van der Waals surface area (Å²) in [6.45, 7) is 4.43. The zero-order valence-corrected chi connectivity index (χ0v) is 18.8. The second-order valence-electron chi connectivity index (χ2n) is 7.62. The number of benzene rings is 1. The molecule has 9 heteroatoms. The molecule has 0 radical (unpaired) electrons. The molecule has 0 N–H and O–H groups in total. The third kappa shape index (κ3) is 3.78. The summed E-state index contributed by atoms with van der Waals surface area (Å²) in [5.74, 6) is 0.600. The molecule has 1 aromatic carbocycles. The molecule has 0 fully saturated rings. The third-order valence-electron chi connectivity index (χ3n) is 5.40. The highest BCUT2D eigenvalue weighted by Gasteiger charge is 2.12. The van der Waals surface area contributed by atoms with Gasteiger partial charge >= 0.3 is 0 Å². The molecule has 0 saturated heterocycles. The van der Waals surface area contributed by atoms with E-state index in [-0.39, 0.29) is 17.7 Å². The van der Waals surface area contributed by atoms with Gasteiger partial charge in [-0.05, 0) is 50.2 Å². The molecule has 8 nitrogen and oxygen atoms in total. The van der Waals surface area contributed by atoms with Gasteiger partial charge in [-0.1, -0.05) is 17.7 Å². The molecule has 0 unspecified atom stereocenters. The maximum Gasteiger partial charge on any atom is 0.276 e. The molecule has 5 rings (SSSR count). The lowest BCUT2D eigenvalue weighted by molar-refractivity contribution is 0.340. The number of aromatic nitrogens is 5. The van der Waals surface area contributed by atoms with Gasteiger partial charge in [0.1, 0.15) is 16.9 Å². The Morgan fingerprint density at radius 3 is 2.70 bits per heavy atom. The molecule has 4 heterocycles. The second-order valence-corrected chi connectivity index (χ2v) is 8.02. The maximum absolute atomic E-state index is 13.1. The average Bonchev–Trinajstić information content (AvgIpc) is 3.22. The molecule has 0 amide bonds. The lowest BCUT2D eigenvalue weighted by atomic mass is 10.1. The van der Waals surface area contributed by atoms with E-state index in [1.165, 1.54) is 15.1 Å². The smallest absolute Gasteiger partial charge is 0.276 e. The Balaban J connectivity index is 1.52. The van der Waals surface area contributed by atoms with Crippen LogP contribution >= 0.6 is 11.6 Å². The summed E-state index contributed by atoms with van der Waals surface area (Å²) in [4.78, 5) is 30.2. The first-order chi connectivity index (χ1) is 15.9. The predicted molar refractivity (Wildman–Crippen MR) is 126 cm³/mol. The molecule has 0 aliphatic heterocycles. The van der Waals surface area contributed by atoms with Crippen molar-refractivity contribution < 1.29 is 4.74 Å². The first-order valence-corrected chi connectivity index (χ1v) is 10.8. The molecular formula is C24H20ClN5O3. The van der Waals surface area contributed by atoms with E-state index < -0.39 is 0 Å². The maximum atomic E-state index is 13.1. The average molecular weight is 462 g/mol. The van der Waals surface area contributed by atoms with Gasteiger partial charge < -0.3 is 9.30 Å². The van der Waals surface area contributed by atoms with E-state index in [2.05, 4.69) is 10.1 Å². The van der Waals surface area contributed by atoms with Crippen LogP contribution in [-0.2, 0) is 6.54 Å². The van der Waals surface area contributed by atoms with Gasteiger partial charge in [-0.25, -0.2) is 9.50 Å². The fourth-order valence-electron chi connectivity index (χ4n) is 3.84. The van der Waals surface area contributed by atoms with Gasteiger partial charge in [0.15, 0.2) is 0 Å². The van der Waals surface area contributed by atoms with E-state index in [4.69, 9.17) is 16.3 Å². The van der Waals surface area contributed by atoms with E-state index in [0.29, 0.717) is 39.9 Å². The molecule has 4 aromatic heterocycles. The summed E-state index contributed by atoms with van der Waals surface area (Å²) in [5, 5.41) is 4.99. The standard InChI is InChI=1S/C24H20ClN5O3/c1-3-33-21-8-7-16(11-18(21)25)19-13-20-24(32)28(9-10-29(20)27-19)14-17-12-23(31)30-15(2)5-4-6-22(30)26-17/h4-13H,3,14H2,1-2H3. The normalized spacial score (nSPS) is 11.4. The Kier molecular flexibility index (Phi) is 5.22. The molecule has 5 aromatic rings. The van der Waals surface area contributed by atoms with Gasteiger partial charge in [-0.2, -0.15) is 5.10 Å². The zero-order chi connectivity index (χ0) is 23.1. The second kappa shape index (κ2) is 8.22. The van der Waals surface area contributed by atoms with Gasteiger partial charge in [0, 0.05) is 29.7 Å². The van der Waals surface area contributed by atoms with Crippen molar-refractivity contribution in [2.24, 2.45) is 0 Å². The van der Waals surface area contributed by atoms with Crippen LogP contribution in [0.3, 0.4) is 0 Å². The van der Waals surface area contributed by atoms with Crippen molar-refractivity contribution in [1.29, 1.82) is 0 Å². The minimum absolute atomic E-state index is 0.171. The number of fused-ring (bicyclic) bond motifs is 2. The summed E-state index contributed by atoms with van der Waals surface area (Å²) in [7, 11) is 0. The third-order valence-corrected chi connectivity index (χ3v) is 5.69. The summed E-state index contributed by atoms with van der Waals surface area (Å²) < 4.78 is 10.1. The van der Waals surface area contributed by atoms with Gasteiger partial charge in [-0.3, -0.25) is 14.0 Å². The van der Waals surface area contributed by atoms with Crippen LogP contribution in [0.2, 0.25) is 5.02 Å².